The van der Waals surface area contributed by atoms with Crippen LogP contribution in [0.15, 0.2) is 22.8 Å². The van der Waals surface area contributed by atoms with Crippen molar-refractivity contribution in [2.75, 3.05) is 6.54 Å². The third kappa shape index (κ3) is 2.21. The van der Waals surface area contributed by atoms with E-state index in [4.69, 9.17) is 9.15 Å². The van der Waals surface area contributed by atoms with Crippen LogP contribution in [0.3, 0.4) is 0 Å². The van der Waals surface area contributed by atoms with Crippen LogP contribution < -0.4 is 5.32 Å². The topological polar surface area (TPSA) is 34.4 Å². The predicted molar refractivity (Wildman–Crippen MR) is 70.4 cm³/mol. The number of morpholine rings is 1. The molecule has 2 atom stereocenters. The fourth-order valence-electron chi connectivity index (χ4n) is 3.21. The molecule has 2 fully saturated rings. The summed E-state index contributed by atoms with van der Waals surface area (Å²) in [5, 5.41) is 3.61. The van der Waals surface area contributed by atoms with Gasteiger partial charge in [-0.15, -0.1) is 0 Å². The van der Waals surface area contributed by atoms with Gasteiger partial charge in [0, 0.05) is 12.6 Å². The lowest BCUT2D eigenvalue weighted by Gasteiger charge is -2.47. The molecule has 1 aliphatic carbocycles. The Kier molecular flexibility index (Phi) is 3.20. The Morgan fingerprint density at radius 3 is 2.72 bits per heavy atom. The lowest BCUT2D eigenvalue weighted by Crippen LogP contribution is -2.55. The zero-order valence-corrected chi connectivity index (χ0v) is 11.3. The molecule has 0 radical (unpaired) electrons. The molecule has 1 saturated heterocycles. The van der Waals surface area contributed by atoms with E-state index in [2.05, 4.69) is 19.2 Å². The molecule has 1 aliphatic heterocycles. The van der Waals surface area contributed by atoms with Crippen LogP contribution in [0, 0.1) is 5.92 Å². The van der Waals surface area contributed by atoms with E-state index in [-0.39, 0.29) is 11.7 Å². The van der Waals surface area contributed by atoms with E-state index in [1.807, 2.05) is 12.1 Å². The minimum Gasteiger partial charge on any atom is -0.467 e. The Bertz CT molecular complexity index is 374. The van der Waals surface area contributed by atoms with Crippen LogP contribution in [0.5, 0.6) is 0 Å². The van der Waals surface area contributed by atoms with Crippen molar-refractivity contribution in [3.8, 4) is 0 Å². The number of hydrogen-bond acceptors (Lipinski definition) is 3. The number of ether oxygens (including phenoxy) is 1. The first kappa shape index (κ1) is 12.2. The van der Waals surface area contributed by atoms with Crippen LogP contribution in [-0.4, -0.2) is 18.2 Å². The van der Waals surface area contributed by atoms with Crippen molar-refractivity contribution in [1.82, 2.24) is 5.32 Å². The first-order chi connectivity index (χ1) is 8.69. The Hall–Kier alpha value is -0.800. The van der Waals surface area contributed by atoms with Crippen molar-refractivity contribution in [3.05, 3.63) is 24.2 Å². The summed E-state index contributed by atoms with van der Waals surface area (Å²) < 4.78 is 12.0. The average Bonchev–Trinajstić information content (AvgIpc) is 2.90. The monoisotopic (exact) mass is 249 g/mol. The quantitative estimate of drug-likeness (QED) is 0.829. The summed E-state index contributed by atoms with van der Waals surface area (Å²) >= 11 is 0. The maximum atomic E-state index is 6.46. The van der Waals surface area contributed by atoms with Gasteiger partial charge in [0.2, 0.25) is 0 Å². The lowest BCUT2D eigenvalue weighted by molar-refractivity contribution is -0.160. The molecule has 2 aliphatic rings. The fourth-order valence-corrected chi connectivity index (χ4v) is 3.21. The van der Waals surface area contributed by atoms with E-state index < -0.39 is 0 Å². The molecule has 3 nitrogen and oxygen atoms in total. The highest BCUT2D eigenvalue weighted by atomic mass is 16.5. The first-order valence-corrected chi connectivity index (χ1v) is 7.13. The minimum absolute atomic E-state index is 0.0382. The largest absolute Gasteiger partial charge is 0.467 e. The molecule has 0 bridgehead atoms. The Morgan fingerprint density at radius 2 is 2.06 bits per heavy atom. The fraction of sp³-hybridized carbons (Fsp3) is 0.733. The summed E-state index contributed by atoms with van der Waals surface area (Å²) in [6, 6.07) is 4.28. The second-order valence-corrected chi connectivity index (χ2v) is 6.09. The number of furan rings is 1. The molecular weight excluding hydrogens is 226 g/mol. The summed E-state index contributed by atoms with van der Waals surface area (Å²) in [5.74, 6) is 1.80. The van der Waals surface area contributed by atoms with Crippen molar-refractivity contribution in [2.24, 2.45) is 5.92 Å². The van der Waals surface area contributed by atoms with E-state index in [0.29, 0.717) is 6.04 Å². The molecule has 18 heavy (non-hydrogen) atoms. The highest BCUT2D eigenvalue weighted by molar-refractivity contribution is 5.08. The highest BCUT2D eigenvalue weighted by Crippen LogP contribution is 2.41. The van der Waals surface area contributed by atoms with Gasteiger partial charge in [-0.05, 0) is 50.7 Å². The maximum absolute atomic E-state index is 6.46. The SMILES string of the molecule is CC1CCC2(CC1)CNC(C)C(c1ccco1)O2. The second-order valence-electron chi connectivity index (χ2n) is 6.09. The molecule has 2 unspecified atom stereocenters. The van der Waals surface area contributed by atoms with Crippen molar-refractivity contribution in [2.45, 2.75) is 57.3 Å². The smallest absolute Gasteiger partial charge is 0.134 e. The summed E-state index contributed by atoms with van der Waals surface area (Å²) in [6.07, 6.45) is 6.69. The molecular formula is C15H23NO2. The van der Waals surface area contributed by atoms with Gasteiger partial charge in [-0.3, -0.25) is 0 Å². The number of hydrogen-bond donors (Lipinski definition) is 1. The van der Waals surface area contributed by atoms with Crippen LogP contribution >= 0.6 is 0 Å². The number of nitrogens with one attached hydrogen (secondary N) is 1. The normalized spacial score (nSPS) is 41.1. The third-order valence-electron chi connectivity index (χ3n) is 4.59. The van der Waals surface area contributed by atoms with E-state index in [0.717, 1.165) is 18.2 Å². The molecule has 1 aromatic heterocycles. The van der Waals surface area contributed by atoms with Crippen LogP contribution in [-0.2, 0) is 4.74 Å². The molecule has 1 spiro atoms. The molecule has 100 valence electrons. The zero-order valence-electron chi connectivity index (χ0n) is 11.3. The highest BCUT2D eigenvalue weighted by Gasteiger charge is 2.43. The zero-order chi connectivity index (χ0) is 12.6. The van der Waals surface area contributed by atoms with E-state index in [1.165, 1.54) is 25.7 Å². The van der Waals surface area contributed by atoms with Crippen molar-refractivity contribution in [3.63, 3.8) is 0 Å². The van der Waals surface area contributed by atoms with Gasteiger partial charge in [0.25, 0.3) is 0 Å². The lowest BCUT2D eigenvalue weighted by atomic mass is 9.78. The molecule has 2 heterocycles. The summed E-state index contributed by atoms with van der Waals surface area (Å²) in [7, 11) is 0. The third-order valence-corrected chi connectivity index (χ3v) is 4.59. The van der Waals surface area contributed by atoms with Crippen molar-refractivity contribution < 1.29 is 9.15 Å². The molecule has 1 saturated carbocycles. The molecule has 3 heteroatoms. The molecule has 3 rings (SSSR count). The summed E-state index contributed by atoms with van der Waals surface area (Å²) in [5.41, 5.74) is 0.0382. The van der Waals surface area contributed by atoms with Gasteiger partial charge in [-0.25, -0.2) is 0 Å². The molecule has 1 N–H and O–H groups in total. The Balaban J connectivity index is 1.76. The van der Waals surface area contributed by atoms with Crippen LogP contribution in [0.1, 0.15) is 51.4 Å². The van der Waals surface area contributed by atoms with Gasteiger partial charge in [0.1, 0.15) is 11.9 Å². The van der Waals surface area contributed by atoms with E-state index in [9.17, 15) is 0 Å². The van der Waals surface area contributed by atoms with Gasteiger partial charge in [-0.2, -0.15) is 0 Å². The van der Waals surface area contributed by atoms with E-state index >= 15 is 0 Å². The number of rotatable bonds is 1. The standard InChI is InChI=1S/C15H23NO2/c1-11-5-7-15(8-6-11)10-16-12(2)14(18-15)13-4-3-9-17-13/h3-4,9,11-12,14,16H,5-8,10H2,1-2H3. The molecule has 0 amide bonds. The first-order valence-electron chi connectivity index (χ1n) is 7.13. The maximum Gasteiger partial charge on any atom is 0.134 e. The van der Waals surface area contributed by atoms with Crippen molar-refractivity contribution in [1.29, 1.82) is 0 Å². The van der Waals surface area contributed by atoms with Gasteiger partial charge < -0.3 is 14.5 Å². The summed E-state index contributed by atoms with van der Waals surface area (Å²) in [6.45, 7) is 5.50. The Morgan fingerprint density at radius 1 is 1.28 bits per heavy atom. The van der Waals surface area contributed by atoms with Gasteiger partial charge >= 0.3 is 0 Å². The molecule has 1 aromatic rings. The minimum atomic E-state index is 0.0382. The van der Waals surface area contributed by atoms with Gasteiger partial charge in [0.05, 0.1) is 11.9 Å². The van der Waals surface area contributed by atoms with Gasteiger partial charge in [-0.1, -0.05) is 6.92 Å². The van der Waals surface area contributed by atoms with Crippen LogP contribution in [0.2, 0.25) is 0 Å². The second kappa shape index (κ2) is 4.71. The van der Waals surface area contributed by atoms with Crippen LogP contribution in [0.25, 0.3) is 0 Å². The Labute approximate surface area is 109 Å². The van der Waals surface area contributed by atoms with Crippen LogP contribution in [0.4, 0.5) is 0 Å². The molecule has 0 aromatic carbocycles. The predicted octanol–water partition coefficient (Wildman–Crippen LogP) is 3.28. The summed E-state index contributed by atoms with van der Waals surface area (Å²) in [4.78, 5) is 0. The average molecular weight is 249 g/mol. The van der Waals surface area contributed by atoms with Crippen molar-refractivity contribution >= 4 is 0 Å². The van der Waals surface area contributed by atoms with E-state index in [1.54, 1.807) is 6.26 Å². The van der Waals surface area contributed by atoms with Gasteiger partial charge in [0.15, 0.2) is 0 Å².